The lowest BCUT2D eigenvalue weighted by Crippen LogP contribution is -2.30. The van der Waals surface area contributed by atoms with Gasteiger partial charge in [0.05, 0.1) is 0 Å². The van der Waals surface area contributed by atoms with Gasteiger partial charge in [-0.05, 0) is 96.3 Å². The Bertz CT molecular complexity index is 1270. The summed E-state index contributed by atoms with van der Waals surface area (Å²) in [6, 6.07) is 0. The van der Waals surface area contributed by atoms with Gasteiger partial charge in [-0.25, -0.2) is 0 Å². The third-order valence-electron chi connectivity index (χ3n) is 11.4. The predicted molar refractivity (Wildman–Crippen MR) is 279 cm³/mol. The molecule has 0 radical (unpaired) electrons. The van der Waals surface area contributed by atoms with Gasteiger partial charge < -0.3 is 14.2 Å². The molecule has 0 aromatic rings. The maximum Gasteiger partial charge on any atom is 0.306 e. The minimum Gasteiger partial charge on any atom is -0.462 e. The average Bonchev–Trinajstić information content (AvgIpc) is 3.30. The first-order chi connectivity index (χ1) is 32.0. The van der Waals surface area contributed by atoms with E-state index in [0.29, 0.717) is 19.3 Å². The van der Waals surface area contributed by atoms with Crippen molar-refractivity contribution in [1.82, 2.24) is 0 Å². The Balaban J connectivity index is 4.48. The number of esters is 3. The van der Waals surface area contributed by atoms with Crippen LogP contribution < -0.4 is 0 Å². The average molecular weight is 905 g/mol. The largest absolute Gasteiger partial charge is 0.462 e. The number of unbranched alkanes of at least 4 members (excludes halogenated alkanes) is 25. The van der Waals surface area contributed by atoms with Crippen LogP contribution in [0.4, 0.5) is 0 Å². The number of hydrogen-bond acceptors (Lipinski definition) is 6. The number of carbonyl (C=O) groups excluding carboxylic acids is 3. The van der Waals surface area contributed by atoms with Crippen LogP contribution in [0.1, 0.15) is 252 Å². The van der Waals surface area contributed by atoms with Crippen LogP contribution in [0.25, 0.3) is 0 Å². The molecule has 0 saturated heterocycles. The molecule has 0 bridgehead atoms. The Morgan fingerprint density at radius 1 is 0.338 bits per heavy atom. The topological polar surface area (TPSA) is 78.9 Å². The molecular weight excluding hydrogens is 805 g/mol. The Morgan fingerprint density at radius 2 is 0.677 bits per heavy atom. The molecule has 0 heterocycles. The molecule has 0 rings (SSSR count). The lowest BCUT2D eigenvalue weighted by molar-refractivity contribution is -0.167. The Hall–Kier alpha value is -3.41. The van der Waals surface area contributed by atoms with Crippen molar-refractivity contribution in [2.45, 2.75) is 258 Å². The van der Waals surface area contributed by atoms with Crippen LogP contribution in [0.2, 0.25) is 0 Å². The van der Waals surface area contributed by atoms with Gasteiger partial charge in [-0.1, -0.05) is 221 Å². The van der Waals surface area contributed by atoms with Gasteiger partial charge in [0.2, 0.25) is 0 Å². The van der Waals surface area contributed by atoms with Crippen molar-refractivity contribution in [2.24, 2.45) is 0 Å². The van der Waals surface area contributed by atoms with E-state index in [1.807, 2.05) is 0 Å². The lowest BCUT2D eigenvalue weighted by atomic mass is 10.1. The van der Waals surface area contributed by atoms with Gasteiger partial charge in [0.1, 0.15) is 13.2 Å². The molecule has 0 aliphatic heterocycles. The number of allylic oxidation sites excluding steroid dienone is 14. The molecule has 1 unspecified atom stereocenters. The SMILES string of the molecule is CC\C=C/C=C\C=C/CCCCCCCC(=O)OCC(COC(=O)CCC/C=C\C/C=C\C/C=C\CCCCCCCC)OC(=O)CCCCCCCCC/C=C\CCCCCCCC. The molecule has 6 nitrogen and oxygen atoms in total. The summed E-state index contributed by atoms with van der Waals surface area (Å²) in [6.07, 6.45) is 68.6. The maximum absolute atomic E-state index is 12.8. The van der Waals surface area contributed by atoms with Crippen molar-refractivity contribution < 1.29 is 28.6 Å². The maximum atomic E-state index is 12.8. The molecule has 1 atom stereocenters. The van der Waals surface area contributed by atoms with Crippen LogP contribution in [0.5, 0.6) is 0 Å². The van der Waals surface area contributed by atoms with E-state index in [1.54, 1.807) is 0 Å². The fraction of sp³-hybridized carbons (Fsp3) is 0.712. The van der Waals surface area contributed by atoms with E-state index in [9.17, 15) is 14.4 Å². The van der Waals surface area contributed by atoms with Crippen molar-refractivity contribution >= 4 is 17.9 Å². The lowest BCUT2D eigenvalue weighted by Gasteiger charge is -2.18. The van der Waals surface area contributed by atoms with Gasteiger partial charge in [0.15, 0.2) is 6.10 Å². The van der Waals surface area contributed by atoms with Crippen molar-refractivity contribution in [3.8, 4) is 0 Å². The van der Waals surface area contributed by atoms with Gasteiger partial charge in [-0.15, -0.1) is 0 Å². The standard InChI is InChI=1S/C59H100O6/c1-4-7-10-13-16-19-22-25-27-29-31-34-37-40-43-46-49-52-58(61)64-55-56(54-63-57(60)51-48-45-42-39-36-33-24-21-18-15-12-9-6-3)65-59(62)53-50-47-44-41-38-35-32-30-28-26-23-20-17-14-11-8-5-2/h9,12,15,18,21,24-28,31,34,40,43,56H,4-8,10-11,13-14,16-17,19-20,22-23,29-30,32-33,35-39,41-42,44-55H2,1-3H3/b12-9-,18-15-,24-21-,27-25-,28-26-,34-31-,43-40-. The van der Waals surface area contributed by atoms with Crippen molar-refractivity contribution in [2.75, 3.05) is 13.2 Å². The summed E-state index contributed by atoms with van der Waals surface area (Å²) in [5, 5.41) is 0. The third kappa shape index (κ3) is 51.4. The van der Waals surface area contributed by atoms with E-state index >= 15 is 0 Å². The molecule has 65 heavy (non-hydrogen) atoms. The molecular formula is C59H100O6. The molecule has 0 aliphatic rings. The predicted octanol–water partition coefficient (Wildman–Crippen LogP) is 18.0. The summed E-state index contributed by atoms with van der Waals surface area (Å²) < 4.78 is 16.8. The molecule has 6 heteroatoms. The van der Waals surface area contributed by atoms with Crippen LogP contribution in [-0.4, -0.2) is 37.2 Å². The van der Waals surface area contributed by atoms with Gasteiger partial charge in [0, 0.05) is 19.3 Å². The highest BCUT2D eigenvalue weighted by Gasteiger charge is 2.19. The van der Waals surface area contributed by atoms with Crippen molar-refractivity contribution in [3.63, 3.8) is 0 Å². The first kappa shape index (κ1) is 61.6. The highest BCUT2D eigenvalue weighted by molar-refractivity contribution is 5.71. The van der Waals surface area contributed by atoms with E-state index in [1.165, 1.54) is 122 Å². The first-order valence-corrected chi connectivity index (χ1v) is 27.1. The van der Waals surface area contributed by atoms with Crippen molar-refractivity contribution in [1.29, 1.82) is 0 Å². The summed E-state index contributed by atoms with van der Waals surface area (Å²) in [5.74, 6) is -0.980. The van der Waals surface area contributed by atoms with Gasteiger partial charge >= 0.3 is 17.9 Å². The van der Waals surface area contributed by atoms with Crippen LogP contribution in [0, 0.1) is 0 Å². The minimum absolute atomic E-state index is 0.105. The second-order valence-corrected chi connectivity index (χ2v) is 17.8. The van der Waals surface area contributed by atoms with E-state index in [-0.39, 0.29) is 37.5 Å². The summed E-state index contributed by atoms with van der Waals surface area (Å²) >= 11 is 0. The number of hydrogen-bond donors (Lipinski definition) is 0. The summed E-state index contributed by atoms with van der Waals surface area (Å²) in [6.45, 7) is 6.43. The summed E-state index contributed by atoms with van der Waals surface area (Å²) in [7, 11) is 0. The van der Waals surface area contributed by atoms with E-state index in [4.69, 9.17) is 14.2 Å². The van der Waals surface area contributed by atoms with Gasteiger partial charge in [-0.3, -0.25) is 14.4 Å². The second kappa shape index (κ2) is 53.2. The minimum atomic E-state index is -0.808. The fourth-order valence-corrected chi connectivity index (χ4v) is 7.33. The Kier molecular flexibility index (Phi) is 50.4. The number of ether oxygens (including phenoxy) is 3. The van der Waals surface area contributed by atoms with Crippen LogP contribution in [-0.2, 0) is 28.6 Å². The third-order valence-corrected chi connectivity index (χ3v) is 11.4. The molecule has 0 spiro atoms. The molecule has 0 fully saturated rings. The number of rotatable bonds is 48. The van der Waals surface area contributed by atoms with Gasteiger partial charge in [-0.2, -0.15) is 0 Å². The first-order valence-electron chi connectivity index (χ1n) is 27.1. The molecule has 0 N–H and O–H groups in total. The molecule has 372 valence electrons. The van der Waals surface area contributed by atoms with Crippen molar-refractivity contribution in [3.05, 3.63) is 85.1 Å². The zero-order valence-corrected chi connectivity index (χ0v) is 42.5. The Labute approximate surface area is 401 Å². The van der Waals surface area contributed by atoms with Crippen LogP contribution in [0.3, 0.4) is 0 Å². The molecule has 0 saturated carbocycles. The number of carbonyl (C=O) groups is 3. The summed E-state index contributed by atoms with van der Waals surface area (Å²) in [4.78, 5) is 38.0. The van der Waals surface area contributed by atoms with Crippen LogP contribution in [0.15, 0.2) is 85.1 Å². The molecule has 0 aromatic carbocycles. The molecule has 0 aromatic heterocycles. The Morgan fingerprint density at radius 3 is 1.14 bits per heavy atom. The smallest absolute Gasteiger partial charge is 0.306 e. The van der Waals surface area contributed by atoms with Gasteiger partial charge in [0.25, 0.3) is 0 Å². The normalized spacial score (nSPS) is 12.7. The quantitative estimate of drug-likeness (QED) is 0.0199. The van der Waals surface area contributed by atoms with Crippen LogP contribution >= 0.6 is 0 Å². The molecule has 0 amide bonds. The fourth-order valence-electron chi connectivity index (χ4n) is 7.33. The highest BCUT2D eigenvalue weighted by Crippen LogP contribution is 2.14. The van der Waals surface area contributed by atoms with E-state index < -0.39 is 6.10 Å². The van der Waals surface area contributed by atoms with E-state index in [0.717, 1.165) is 83.5 Å². The zero-order valence-electron chi connectivity index (χ0n) is 42.5. The zero-order chi connectivity index (χ0) is 47.2. The monoisotopic (exact) mass is 905 g/mol. The summed E-state index contributed by atoms with van der Waals surface area (Å²) in [5.41, 5.74) is 0. The highest BCUT2D eigenvalue weighted by atomic mass is 16.6. The second-order valence-electron chi connectivity index (χ2n) is 17.8. The molecule has 0 aliphatic carbocycles. The van der Waals surface area contributed by atoms with E-state index in [2.05, 4.69) is 106 Å².